The van der Waals surface area contributed by atoms with E-state index in [1.165, 1.54) is 12.1 Å². The zero-order valence-corrected chi connectivity index (χ0v) is 24.7. The van der Waals surface area contributed by atoms with Crippen molar-refractivity contribution in [2.75, 3.05) is 138 Å². The Morgan fingerprint density at radius 3 is 1.33 bits per heavy atom. The summed E-state index contributed by atoms with van der Waals surface area (Å²) in [6.07, 6.45) is 0. The standard InChI is InChI=1S/C26H46N4O12/c1-28(2)6-8-36-10-12-38-14-16-40-18-20-42-22-21-41-19-17-39-15-13-37-11-9-35-7-5-27-25-4-3-24(29(31)32)23-26(25)30(33)34/h3-4,23,27H,5-22H2,1-2H3. The van der Waals surface area contributed by atoms with Gasteiger partial charge in [-0.3, -0.25) is 20.2 Å². The zero-order chi connectivity index (χ0) is 30.7. The molecule has 42 heavy (non-hydrogen) atoms. The maximum absolute atomic E-state index is 11.1. The minimum Gasteiger partial charge on any atom is -0.378 e. The van der Waals surface area contributed by atoms with Gasteiger partial charge >= 0.3 is 0 Å². The number of nitrogens with zero attached hydrogens (tertiary/aromatic N) is 3. The lowest BCUT2D eigenvalue weighted by Crippen LogP contribution is -2.19. The topological polar surface area (TPSA) is 175 Å². The summed E-state index contributed by atoms with van der Waals surface area (Å²) >= 11 is 0. The molecule has 0 bridgehead atoms. The van der Waals surface area contributed by atoms with Gasteiger partial charge in [-0.25, -0.2) is 0 Å². The van der Waals surface area contributed by atoms with Gasteiger partial charge in [-0.1, -0.05) is 0 Å². The SMILES string of the molecule is CN(C)CCOCCOCCOCCOCCOCCOCCOCCOCCNc1ccc([N+](=O)[O-])cc1[N+](=O)[O-]. The summed E-state index contributed by atoms with van der Waals surface area (Å²) in [6.45, 7) is 8.78. The average molecular weight is 607 g/mol. The van der Waals surface area contributed by atoms with Gasteiger partial charge in [0, 0.05) is 19.2 Å². The fraction of sp³-hybridized carbons (Fsp3) is 0.769. The Morgan fingerprint density at radius 1 is 0.595 bits per heavy atom. The summed E-state index contributed by atoms with van der Waals surface area (Å²) in [6, 6.07) is 3.43. The lowest BCUT2D eigenvalue weighted by atomic mass is 10.2. The van der Waals surface area contributed by atoms with Crippen molar-refractivity contribution in [3.05, 3.63) is 38.4 Å². The molecule has 0 unspecified atom stereocenters. The number of nitrogens with one attached hydrogen (secondary N) is 1. The fourth-order valence-corrected chi connectivity index (χ4v) is 3.08. The van der Waals surface area contributed by atoms with Gasteiger partial charge in [-0.15, -0.1) is 0 Å². The molecule has 1 aromatic carbocycles. The molecule has 0 aliphatic carbocycles. The highest BCUT2D eigenvalue weighted by molar-refractivity contribution is 5.65. The molecule has 0 aliphatic rings. The molecule has 16 heteroatoms. The van der Waals surface area contributed by atoms with Crippen LogP contribution >= 0.6 is 0 Å². The third-order valence-corrected chi connectivity index (χ3v) is 5.24. The normalized spacial score (nSPS) is 11.3. The van der Waals surface area contributed by atoms with Gasteiger partial charge in [0.25, 0.3) is 11.4 Å². The highest BCUT2D eigenvalue weighted by Gasteiger charge is 2.19. The molecule has 1 N–H and O–H groups in total. The first-order valence-corrected chi connectivity index (χ1v) is 13.8. The highest BCUT2D eigenvalue weighted by atomic mass is 16.6. The number of anilines is 1. The van der Waals surface area contributed by atoms with E-state index in [-0.39, 0.29) is 23.7 Å². The summed E-state index contributed by atoms with van der Waals surface area (Å²) < 4.78 is 43.4. The summed E-state index contributed by atoms with van der Waals surface area (Å²) in [5.41, 5.74) is -0.514. The molecule has 0 heterocycles. The molecule has 0 saturated heterocycles. The Morgan fingerprint density at radius 2 is 0.976 bits per heavy atom. The molecule has 0 fully saturated rings. The van der Waals surface area contributed by atoms with E-state index in [0.29, 0.717) is 106 Å². The molecular formula is C26H46N4O12. The number of hydrogen-bond acceptors (Lipinski definition) is 14. The third-order valence-electron chi connectivity index (χ3n) is 5.24. The van der Waals surface area contributed by atoms with Crippen LogP contribution in [0.15, 0.2) is 18.2 Å². The van der Waals surface area contributed by atoms with Gasteiger partial charge in [0.05, 0.1) is 122 Å². The van der Waals surface area contributed by atoms with E-state index in [1.807, 2.05) is 14.1 Å². The predicted molar refractivity (Wildman–Crippen MR) is 153 cm³/mol. The van der Waals surface area contributed by atoms with Crippen molar-refractivity contribution >= 4 is 17.1 Å². The summed E-state index contributed by atoms with van der Waals surface area (Å²) in [7, 11) is 4.01. The van der Waals surface area contributed by atoms with Crippen molar-refractivity contribution in [1.29, 1.82) is 0 Å². The summed E-state index contributed by atoms with van der Waals surface area (Å²) in [4.78, 5) is 22.6. The van der Waals surface area contributed by atoms with Gasteiger partial charge in [-0.2, -0.15) is 0 Å². The van der Waals surface area contributed by atoms with Crippen molar-refractivity contribution < 1.29 is 47.7 Å². The van der Waals surface area contributed by atoms with Crippen LogP contribution in [0.1, 0.15) is 0 Å². The van der Waals surface area contributed by atoms with Crippen LogP contribution in [0.3, 0.4) is 0 Å². The van der Waals surface area contributed by atoms with Crippen LogP contribution in [-0.4, -0.2) is 148 Å². The van der Waals surface area contributed by atoms with Gasteiger partial charge in [0.2, 0.25) is 0 Å². The fourth-order valence-electron chi connectivity index (χ4n) is 3.08. The lowest BCUT2D eigenvalue weighted by molar-refractivity contribution is -0.393. The van der Waals surface area contributed by atoms with Crippen molar-refractivity contribution in [2.45, 2.75) is 0 Å². The van der Waals surface area contributed by atoms with E-state index in [1.54, 1.807) is 0 Å². The van der Waals surface area contributed by atoms with E-state index in [0.717, 1.165) is 12.6 Å². The molecule has 16 nitrogen and oxygen atoms in total. The minimum absolute atomic E-state index is 0.190. The van der Waals surface area contributed by atoms with Crippen molar-refractivity contribution in [2.24, 2.45) is 0 Å². The molecule has 0 atom stereocenters. The summed E-state index contributed by atoms with van der Waals surface area (Å²) in [5.74, 6) is 0. The Balaban J connectivity index is 1.78. The molecule has 0 saturated carbocycles. The Hall–Kier alpha value is -2.54. The quantitative estimate of drug-likeness (QED) is 0.0759. The van der Waals surface area contributed by atoms with Crippen LogP contribution < -0.4 is 5.32 Å². The maximum atomic E-state index is 11.1. The monoisotopic (exact) mass is 606 g/mol. The number of ether oxygens (including phenoxy) is 8. The number of nitro groups is 2. The van der Waals surface area contributed by atoms with Crippen LogP contribution in [0, 0.1) is 20.2 Å². The molecule has 0 aliphatic heterocycles. The van der Waals surface area contributed by atoms with Crippen LogP contribution in [0.25, 0.3) is 0 Å². The molecule has 0 amide bonds. The first-order valence-electron chi connectivity index (χ1n) is 13.8. The lowest BCUT2D eigenvalue weighted by Gasteiger charge is -2.10. The molecule has 1 rings (SSSR count). The Kier molecular flexibility index (Phi) is 23.3. The van der Waals surface area contributed by atoms with E-state index >= 15 is 0 Å². The van der Waals surface area contributed by atoms with Crippen molar-refractivity contribution in [1.82, 2.24) is 4.90 Å². The summed E-state index contributed by atoms with van der Waals surface area (Å²) in [5, 5.41) is 24.7. The maximum Gasteiger partial charge on any atom is 0.299 e. The van der Waals surface area contributed by atoms with Crippen molar-refractivity contribution in [3.63, 3.8) is 0 Å². The second-order valence-corrected chi connectivity index (χ2v) is 8.84. The highest BCUT2D eigenvalue weighted by Crippen LogP contribution is 2.28. The van der Waals surface area contributed by atoms with Crippen LogP contribution in [0.4, 0.5) is 17.1 Å². The molecule has 0 radical (unpaired) electrons. The van der Waals surface area contributed by atoms with E-state index in [4.69, 9.17) is 37.9 Å². The third kappa shape index (κ3) is 21.2. The van der Waals surface area contributed by atoms with Gasteiger partial charge in [-0.05, 0) is 20.2 Å². The van der Waals surface area contributed by atoms with E-state index in [2.05, 4.69) is 10.2 Å². The number of nitro benzene ring substituents is 2. The van der Waals surface area contributed by atoms with Gasteiger partial charge < -0.3 is 48.1 Å². The Bertz CT molecular complexity index is 834. The van der Waals surface area contributed by atoms with E-state index in [9.17, 15) is 20.2 Å². The number of benzene rings is 1. The number of rotatable bonds is 30. The molecular weight excluding hydrogens is 560 g/mol. The second-order valence-electron chi connectivity index (χ2n) is 8.84. The molecule has 0 spiro atoms. The van der Waals surface area contributed by atoms with Gasteiger partial charge in [0.1, 0.15) is 5.69 Å². The average Bonchev–Trinajstić information content (AvgIpc) is 2.96. The van der Waals surface area contributed by atoms with Crippen LogP contribution in [0.2, 0.25) is 0 Å². The molecule has 242 valence electrons. The van der Waals surface area contributed by atoms with Crippen LogP contribution in [-0.2, 0) is 37.9 Å². The predicted octanol–water partition coefficient (Wildman–Crippen LogP) is 1.61. The Labute approximate surface area is 246 Å². The van der Waals surface area contributed by atoms with Gasteiger partial charge in [0.15, 0.2) is 0 Å². The number of non-ortho nitro benzene ring substituents is 1. The molecule has 0 aromatic heterocycles. The zero-order valence-electron chi connectivity index (χ0n) is 24.7. The first kappa shape index (κ1) is 37.5. The van der Waals surface area contributed by atoms with Crippen molar-refractivity contribution in [3.8, 4) is 0 Å². The largest absolute Gasteiger partial charge is 0.378 e. The molecule has 1 aromatic rings. The second kappa shape index (κ2) is 26.1. The smallest absolute Gasteiger partial charge is 0.299 e. The minimum atomic E-state index is -0.679. The first-order chi connectivity index (χ1) is 20.4. The van der Waals surface area contributed by atoms with Crippen LogP contribution in [0.5, 0.6) is 0 Å². The number of hydrogen-bond donors (Lipinski definition) is 1. The van der Waals surface area contributed by atoms with E-state index < -0.39 is 9.85 Å². The number of likely N-dealkylation sites (N-methyl/N-ethyl adjacent to an activating group) is 1.